The summed E-state index contributed by atoms with van der Waals surface area (Å²) in [5.74, 6) is 0.641. The van der Waals surface area contributed by atoms with Gasteiger partial charge in [0.2, 0.25) is 5.95 Å². The molecule has 0 unspecified atom stereocenters. The van der Waals surface area contributed by atoms with E-state index in [-0.39, 0.29) is 5.54 Å². The zero-order chi connectivity index (χ0) is 11.1. The third-order valence-corrected chi connectivity index (χ3v) is 2.65. The van der Waals surface area contributed by atoms with Crippen molar-refractivity contribution in [2.45, 2.75) is 26.3 Å². The van der Waals surface area contributed by atoms with Crippen LogP contribution in [0.4, 0.5) is 5.95 Å². The Morgan fingerprint density at radius 3 is 2.73 bits per heavy atom. The van der Waals surface area contributed by atoms with Crippen molar-refractivity contribution in [1.82, 2.24) is 9.97 Å². The highest BCUT2D eigenvalue weighted by Crippen LogP contribution is 2.26. The van der Waals surface area contributed by atoms with Crippen molar-refractivity contribution >= 4 is 17.5 Å². The maximum absolute atomic E-state index is 5.90. The SMILES string of the molecule is Cc1cc(Cl)nc(N2COCC2(C)C)n1. The summed E-state index contributed by atoms with van der Waals surface area (Å²) in [5.41, 5.74) is 0.796. The van der Waals surface area contributed by atoms with Crippen LogP contribution < -0.4 is 4.90 Å². The van der Waals surface area contributed by atoms with Gasteiger partial charge in [-0.25, -0.2) is 9.97 Å². The molecule has 15 heavy (non-hydrogen) atoms. The number of aryl methyl sites for hydroxylation is 1. The molecule has 2 heterocycles. The van der Waals surface area contributed by atoms with Gasteiger partial charge in [0.25, 0.3) is 0 Å². The van der Waals surface area contributed by atoms with E-state index in [4.69, 9.17) is 16.3 Å². The van der Waals surface area contributed by atoms with Crippen molar-refractivity contribution in [2.24, 2.45) is 0 Å². The summed E-state index contributed by atoms with van der Waals surface area (Å²) in [7, 11) is 0. The highest BCUT2D eigenvalue weighted by molar-refractivity contribution is 6.29. The van der Waals surface area contributed by atoms with Gasteiger partial charge in [-0.05, 0) is 26.8 Å². The quantitative estimate of drug-likeness (QED) is 0.688. The third-order valence-electron chi connectivity index (χ3n) is 2.46. The van der Waals surface area contributed by atoms with Crippen LogP contribution in [0.2, 0.25) is 5.15 Å². The lowest BCUT2D eigenvalue weighted by Crippen LogP contribution is -2.41. The Kier molecular flexibility index (Phi) is 2.56. The lowest BCUT2D eigenvalue weighted by molar-refractivity contribution is 0.184. The smallest absolute Gasteiger partial charge is 0.229 e. The lowest BCUT2D eigenvalue weighted by Gasteiger charge is -2.29. The van der Waals surface area contributed by atoms with E-state index in [0.717, 1.165) is 5.69 Å². The lowest BCUT2D eigenvalue weighted by atomic mass is 10.1. The number of nitrogens with zero attached hydrogens (tertiary/aromatic N) is 3. The van der Waals surface area contributed by atoms with E-state index in [1.165, 1.54) is 0 Å². The normalized spacial score (nSPS) is 19.6. The van der Waals surface area contributed by atoms with E-state index < -0.39 is 0 Å². The van der Waals surface area contributed by atoms with E-state index in [9.17, 15) is 0 Å². The molecule has 1 aliphatic rings. The summed E-state index contributed by atoms with van der Waals surface area (Å²) in [5, 5.41) is 0.472. The molecular weight excluding hydrogens is 214 g/mol. The fourth-order valence-electron chi connectivity index (χ4n) is 1.60. The number of rotatable bonds is 1. The molecule has 1 fully saturated rings. The summed E-state index contributed by atoms with van der Waals surface area (Å²) in [6.07, 6.45) is 0. The largest absolute Gasteiger partial charge is 0.359 e. The Balaban J connectivity index is 2.37. The topological polar surface area (TPSA) is 38.2 Å². The number of ether oxygens (including phenoxy) is 1. The Bertz CT molecular complexity index is 361. The zero-order valence-electron chi connectivity index (χ0n) is 9.12. The van der Waals surface area contributed by atoms with Crippen LogP contribution in [0.1, 0.15) is 19.5 Å². The first-order valence-electron chi connectivity index (χ1n) is 4.86. The molecule has 0 N–H and O–H groups in total. The first kappa shape index (κ1) is 10.6. The molecule has 82 valence electrons. The molecule has 2 rings (SSSR count). The molecule has 1 saturated heterocycles. The van der Waals surface area contributed by atoms with Crippen molar-refractivity contribution < 1.29 is 4.74 Å². The van der Waals surface area contributed by atoms with Crippen LogP contribution in [0.25, 0.3) is 0 Å². The molecule has 1 aromatic rings. The Morgan fingerprint density at radius 2 is 2.20 bits per heavy atom. The molecule has 0 radical (unpaired) electrons. The van der Waals surface area contributed by atoms with E-state index >= 15 is 0 Å². The fraction of sp³-hybridized carbons (Fsp3) is 0.600. The standard InChI is InChI=1S/C10H14ClN3O/c1-7-4-8(11)13-9(12-7)14-6-15-5-10(14,2)3/h4H,5-6H2,1-3H3. The maximum Gasteiger partial charge on any atom is 0.229 e. The molecule has 4 nitrogen and oxygen atoms in total. The summed E-state index contributed by atoms with van der Waals surface area (Å²) in [6, 6.07) is 1.75. The summed E-state index contributed by atoms with van der Waals surface area (Å²) < 4.78 is 5.41. The van der Waals surface area contributed by atoms with Crippen LogP contribution in [0, 0.1) is 6.92 Å². The van der Waals surface area contributed by atoms with Crippen molar-refractivity contribution in [3.8, 4) is 0 Å². The summed E-state index contributed by atoms with van der Waals surface area (Å²) in [4.78, 5) is 10.6. The van der Waals surface area contributed by atoms with Crippen LogP contribution in [0.5, 0.6) is 0 Å². The predicted octanol–water partition coefficient (Wildman–Crippen LogP) is 2.01. The van der Waals surface area contributed by atoms with Crippen molar-refractivity contribution in [3.05, 3.63) is 16.9 Å². The molecular formula is C10H14ClN3O. The molecule has 0 amide bonds. The second-order valence-electron chi connectivity index (χ2n) is 4.35. The minimum absolute atomic E-state index is 0.0723. The van der Waals surface area contributed by atoms with Gasteiger partial charge >= 0.3 is 0 Å². The second kappa shape index (κ2) is 3.61. The highest BCUT2D eigenvalue weighted by Gasteiger charge is 2.34. The molecule has 0 saturated carbocycles. The van der Waals surface area contributed by atoms with Crippen molar-refractivity contribution in [3.63, 3.8) is 0 Å². The molecule has 1 aliphatic heterocycles. The third kappa shape index (κ3) is 2.06. The molecule has 0 aromatic carbocycles. The second-order valence-corrected chi connectivity index (χ2v) is 4.74. The van der Waals surface area contributed by atoms with Crippen molar-refractivity contribution in [2.75, 3.05) is 18.2 Å². The first-order valence-corrected chi connectivity index (χ1v) is 5.23. The number of anilines is 1. The molecule has 0 aliphatic carbocycles. The van der Waals surface area contributed by atoms with E-state index in [1.54, 1.807) is 6.07 Å². The predicted molar refractivity (Wildman–Crippen MR) is 59.2 cm³/mol. The fourth-order valence-corrected chi connectivity index (χ4v) is 1.84. The average molecular weight is 228 g/mol. The van der Waals surface area contributed by atoms with E-state index in [0.29, 0.717) is 24.4 Å². The number of halogens is 1. The summed E-state index contributed by atoms with van der Waals surface area (Å²) >= 11 is 5.90. The van der Waals surface area contributed by atoms with E-state index in [1.807, 2.05) is 11.8 Å². The van der Waals surface area contributed by atoms with Gasteiger partial charge in [-0.3, -0.25) is 0 Å². The minimum atomic E-state index is -0.0723. The maximum atomic E-state index is 5.90. The highest BCUT2D eigenvalue weighted by atomic mass is 35.5. The Hall–Kier alpha value is -0.870. The van der Waals surface area contributed by atoms with Crippen LogP contribution in [-0.2, 0) is 4.74 Å². The molecule has 0 spiro atoms. The van der Waals surface area contributed by atoms with Crippen LogP contribution >= 0.6 is 11.6 Å². The van der Waals surface area contributed by atoms with Gasteiger partial charge in [-0.2, -0.15) is 0 Å². The van der Waals surface area contributed by atoms with Crippen molar-refractivity contribution in [1.29, 1.82) is 0 Å². The monoisotopic (exact) mass is 227 g/mol. The van der Waals surface area contributed by atoms with Gasteiger partial charge < -0.3 is 9.64 Å². The van der Waals surface area contributed by atoms with Gasteiger partial charge in [0, 0.05) is 5.69 Å². The summed E-state index contributed by atoms with van der Waals surface area (Å²) in [6.45, 7) is 7.30. The molecule has 5 heteroatoms. The van der Waals surface area contributed by atoms with Crippen LogP contribution in [0.15, 0.2) is 6.07 Å². The van der Waals surface area contributed by atoms with Gasteiger partial charge in [-0.1, -0.05) is 11.6 Å². The van der Waals surface area contributed by atoms with Gasteiger partial charge in [-0.15, -0.1) is 0 Å². The Morgan fingerprint density at radius 1 is 1.47 bits per heavy atom. The van der Waals surface area contributed by atoms with E-state index in [2.05, 4.69) is 23.8 Å². The first-order chi connectivity index (χ1) is 6.99. The van der Waals surface area contributed by atoms with Crippen LogP contribution in [-0.4, -0.2) is 28.8 Å². The van der Waals surface area contributed by atoms with Gasteiger partial charge in [0.15, 0.2) is 0 Å². The van der Waals surface area contributed by atoms with Gasteiger partial charge in [0.05, 0.1) is 12.1 Å². The van der Waals surface area contributed by atoms with Gasteiger partial charge in [0.1, 0.15) is 11.9 Å². The molecule has 1 aromatic heterocycles. The number of hydrogen-bond donors (Lipinski definition) is 0. The average Bonchev–Trinajstić information content (AvgIpc) is 2.43. The van der Waals surface area contributed by atoms with Crippen LogP contribution in [0.3, 0.4) is 0 Å². The number of hydrogen-bond acceptors (Lipinski definition) is 4. The Labute approximate surface area is 94.2 Å². The minimum Gasteiger partial charge on any atom is -0.359 e. The molecule has 0 bridgehead atoms. The zero-order valence-corrected chi connectivity index (χ0v) is 9.88. The molecule has 0 atom stereocenters. The number of aromatic nitrogens is 2.